The Labute approximate surface area is 324 Å². The predicted octanol–water partition coefficient (Wildman–Crippen LogP) is 7.80. The van der Waals surface area contributed by atoms with Crippen molar-refractivity contribution in [3.05, 3.63) is 102 Å². The lowest BCUT2D eigenvalue weighted by molar-refractivity contribution is -0.144. The molecule has 0 radical (unpaired) electrons. The van der Waals surface area contributed by atoms with Crippen molar-refractivity contribution in [3.63, 3.8) is 0 Å². The summed E-state index contributed by atoms with van der Waals surface area (Å²) < 4.78 is 43.2. The van der Waals surface area contributed by atoms with Crippen LogP contribution in [0.2, 0.25) is 0 Å². The lowest BCUT2D eigenvalue weighted by atomic mass is 10.1. The molecular weight excluding hydrogens is 757 g/mol. The van der Waals surface area contributed by atoms with Crippen molar-refractivity contribution in [3.8, 4) is 0 Å². The van der Waals surface area contributed by atoms with Crippen molar-refractivity contribution in [2.75, 3.05) is 13.1 Å². The molecule has 0 spiro atoms. The van der Waals surface area contributed by atoms with Gasteiger partial charge in [0.2, 0.25) is 0 Å². The van der Waals surface area contributed by atoms with E-state index in [0.29, 0.717) is 47.9 Å². The minimum absolute atomic E-state index is 0. The summed E-state index contributed by atoms with van der Waals surface area (Å²) >= 11 is 3.17. The first-order valence-electron chi connectivity index (χ1n) is 15.6. The lowest BCUT2D eigenvalue weighted by Crippen LogP contribution is -2.36. The summed E-state index contributed by atoms with van der Waals surface area (Å²) in [5.41, 5.74) is 8.80. The molecule has 0 aliphatic carbocycles. The molecule has 0 bridgehead atoms. The average molecular weight is 806 g/mol. The van der Waals surface area contributed by atoms with Crippen molar-refractivity contribution in [2.24, 2.45) is 5.73 Å². The zero-order valence-electron chi connectivity index (χ0n) is 29.1. The molecule has 0 saturated carbocycles. The van der Waals surface area contributed by atoms with Crippen LogP contribution < -0.4 is 11.1 Å². The molecule has 10 nitrogen and oxygen atoms in total. The molecule has 2 aromatic heterocycles. The summed E-state index contributed by atoms with van der Waals surface area (Å²) in [5.74, 6) is -1.76. The van der Waals surface area contributed by atoms with Crippen LogP contribution in [0.15, 0.2) is 47.2 Å². The van der Waals surface area contributed by atoms with Crippen LogP contribution in [0.5, 0.6) is 0 Å². The minimum atomic E-state index is -0.699. The second-order valence-electron chi connectivity index (χ2n) is 11.9. The predicted molar refractivity (Wildman–Crippen MR) is 205 cm³/mol. The Morgan fingerprint density at radius 1 is 0.769 bits per heavy atom. The summed E-state index contributed by atoms with van der Waals surface area (Å²) in [4.78, 5) is 42.9. The number of carbonyl (C=O) groups excluding carboxylic acids is 3. The highest BCUT2D eigenvalue weighted by molar-refractivity contribution is 7.09. The van der Waals surface area contributed by atoms with Crippen LogP contribution in [0, 0.1) is 25.5 Å². The van der Waals surface area contributed by atoms with Crippen LogP contribution in [-0.2, 0) is 62.7 Å². The van der Waals surface area contributed by atoms with Crippen LogP contribution in [0.25, 0.3) is 0 Å². The molecule has 2 heterocycles. The van der Waals surface area contributed by atoms with Crippen molar-refractivity contribution >= 4 is 65.5 Å². The maximum absolute atomic E-state index is 14.3. The molecule has 2 aromatic carbocycles. The molecule has 0 saturated heterocycles. The summed E-state index contributed by atoms with van der Waals surface area (Å²) in [6.45, 7) is 8.54. The van der Waals surface area contributed by atoms with Gasteiger partial charge in [0.15, 0.2) is 0 Å². The molecule has 16 heteroatoms. The SMILES string of the molecule is C.Cc1nc(CCc2ccc(COC(=O)CN)cc2F)cs1.Cc1nc(CCc2ccc(COC(=O)CNC(=O)OC(C)(C)C)cc2F)cs1.Cl.Cl. The van der Waals surface area contributed by atoms with Gasteiger partial charge in [0, 0.05) is 10.8 Å². The minimum Gasteiger partial charge on any atom is -0.460 e. The van der Waals surface area contributed by atoms with E-state index in [1.54, 1.807) is 67.7 Å². The monoisotopic (exact) mass is 804 g/mol. The number of amides is 1. The number of rotatable bonds is 13. The highest BCUT2D eigenvalue weighted by Gasteiger charge is 2.17. The average Bonchev–Trinajstić information content (AvgIpc) is 3.67. The lowest BCUT2D eigenvalue weighted by Gasteiger charge is -2.19. The van der Waals surface area contributed by atoms with Crippen LogP contribution in [0.3, 0.4) is 0 Å². The zero-order chi connectivity index (χ0) is 36.0. The van der Waals surface area contributed by atoms with E-state index in [2.05, 4.69) is 15.3 Å². The van der Waals surface area contributed by atoms with Crippen LogP contribution in [0.1, 0.15) is 71.9 Å². The highest BCUT2D eigenvalue weighted by atomic mass is 35.5. The molecule has 0 fully saturated rings. The maximum atomic E-state index is 14.3. The number of nitrogens with two attached hydrogens (primary N) is 1. The number of ether oxygens (including phenoxy) is 3. The fraction of sp³-hybridized carbons (Fsp3) is 0.417. The molecule has 0 aliphatic rings. The normalized spacial score (nSPS) is 10.3. The highest BCUT2D eigenvalue weighted by Crippen LogP contribution is 2.17. The third-order valence-electron chi connectivity index (χ3n) is 6.61. The molecule has 52 heavy (non-hydrogen) atoms. The van der Waals surface area contributed by atoms with E-state index in [1.165, 1.54) is 12.1 Å². The molecule has 0 aliphatic heterocycles. The molecule has 3 N–H and O–H groups in total. The van der Waals surface area contributed by atoms with Crippen molar-refractivity contribution in [1.29, 1.82) is 0 Å². The number of esters is 2. The van der Waals surface area contributed by atoms with E-state index < -0.39 is 23.6 Å². The molecule has 1 amide bonds. The molecular formula is C36H48Cl2F2N4O6S2. The number of carbonyl (C=O) groups is 3. The Balaban J connectivity index is 0.000000978. The second kappa shape index (κ2) is 23.8. The van der Waals surface area contributed by atoms with Gasteiger partial charge in [-0.2, -0.15) is 0 Å². The fourth-order valence-electron chi connectivity index (χ4n) is 4.23. The number of benzene rings is 2. The first kappa shape index (κ1) is 48.3. The van der Waals surface area contributed by atoms with Gasteiger partial charge >= 0.3 is 18.0 Å². The van der Waals surface area contributed by atoms with Crippen molar-refractivity contribution < 1.29 is 37.4 Å². The second-order valence-corrected chi connectivity index (χ2v) is 14.1. The van der Waals surface area contributed by atoms with Gasteiger partial charge < -0.3 is 25.3 Å². The summed E-state index contributed by atoms with van der Waals surface area (Å²) in [7, 11) is 0. The maximum Gasteiger partial charge on any atom is 0.408 e. The van der Waals surface area contributed by atoms with Gasteiger partial charge in [-0.15, -0.1) is 47.5 Å². The smallest absolute Gasteiger partial charge is 0.408 e. The van der Waals surface area contributed by atoms with Gasteiger partial charge in [-0.25, -0.2) is 23.5 Å². The van der Waals surface area contributed by atoms with Gasteiger partial charge in [-0.1, -0.05) is 31.7 Å². The quantitative estimate of drug-likeness (QED) is 0.102. The van der Waals surface area contributed by atoms with Gasteiger partial charge in [0.05, 0.1) is 27.9 Å². The van der Waals surface area contributed by atoms with Crippen molar-refractivity contribution in [1.82, 2.24) is 15.3 Å². The van der Waals surface area contributed by atoms with E-state index in [-0.39, 0.29) is 70.2 Å². The number of aryl methyl sites for hydroxylation is 6. The Morgan fingerprint density at radius 3 is 1.58 bits per heavy atom. The standard InChI is InChI=1S/C20H25FN2O4S.C15H17FN2O2S.CH4.2ClH/c1-13-23-16(12-28-13)8-7-15-6-5-14(9-17(15)21)11-26-18(24)10-22-19(25)27-20(2,3)4;1-10-18-13(9-21-10)5-4-12-3-2-11(6-14(12)16)8-20-15(19)7-17;;;/h5-6,9,12H,7-8,10-11H2,1-4H3,(H,22,25);2-3,6,9H,4-5,7-8,17H2,1H3;1H4;2*1H. The molecule has 0 unspecified atom stereocenters. The summed E-state index contributed by atoms with van der Waals surface area (Å²) in [5, 5.41) is 8.30. The number of aromatic nitrogens is 2. The van der Waals surface area contributed by atoms with Gasteiger partial charge in [0.25, 0.3) is 0 Å². The van der Waals surface area contributed by atoms with Gasteiger partial charge in [-0.05, 0) is 94.7 Å². The number of hydrogen-bond acceptors (Lipinski definition) is 11. The van der Waals surface area contributed by atoms with Crippen LogP contribution in [-0.4, -0.2) is 46.7 Å². The number of thiazole rings is 2. The fourth-order valence-corrected chi connectivity index (χ4v) is 5.53. The Kier molecular flexibility index (Phi) is 22.1. The first-order valence-corrected chi connectivity index (χ1v) is 17.3. The Hall–Kier alpha value is -3.69. The zero-order valence-corrected chi connectivity index (χ0v) is 32.4. The Bertz CT molecular complexity index is 1720. The largest absolute Gasteiger partial charge is 0.460 e. The van der Waals surface area contributed by atoms with E-state index >= 15 is 0 Å². The number of hydrogen-bond donors (Lipinski definition) is 2. The van der Waals surface area contributed by atoms with Crippen LogP contribution >= 0.6 is 47.5 Å². The van der Waals surface area contributed by atoms with E-state index in [1.807, 2.05) is 24.6 Å². The molecule has 4 aromatic rings. The van der Waals surface area contributed by atoms with E-state index in [0.717, 1.165) is 21.4 Å². The number of nitrogens with one attached hydrogen (secondary N) is 1. The third-order valence-corrected chi connectivity index (χ3v) is 8.26. The number of alkyl carbamates (subject to hydrolysis) is 1. The molecule has 288 valence electrons. The molecule has 0 atom stereocenters. The molecule has 4 rings (SSSR count). The first-order chi connectivity index (χ1) is 23.2. The van der Waals surface area contributed by atoms with E-state index in [9.17, 15) is 23.2 Å². The van der Waals surface area contributed by atoms with Crippen LogP contribution in [0.4, 0.5) is 13.6 Å². The number of nitrogens with zero attached hydrogens (tertiary/aromatic N) is 2. The summed E-state index contributed by atoms with van der Waals surface area (Å²) in [6.07, 6.45) is 1.83. The Morgan fingerprint density at radius 2 is 1.21 bits per heavy atom. The van der Waals surface area contributed by atoms with Crippen molar-refractivity contribution in [2.45, 2.75) is 86.5 Å². The summed E-state index contributed by atoms with van der Waals surface area (Å²) in [6, 6.07) is 9.65. The number of halogens is 4. The third kappa shape index (κ3) is 18.2. The van der Waals surface area contributed by atoms with Gasteiger partial charge in [0.1, 0.15) is 37.0 Å². The van der Waals surface area contributed by atoms with E-state index in [4.69, 9.17) is 19.9 Å². The topological polar surface area (TPSA) is 143 Å². The van der Waals surface area contributed by atoms with Gasteiger partial charge in [-0.3, -0.25) is 9.59 Å².